The van der Waals surface area contributed by atoms with E-state index in [0.717, 1.165) is 0 Å². The molecule has 1 amide bonds. The summed E-state index contributed by atoms with van der Waals surface area (Å²) in [5.74, 6) is 0. The van der Waals surface area contributed by atoms with Crippen LogP contribution < -0.4 is 5.32 Å². The van der Waals surface area contributed by atoms with E-state index in [1.807, 2.05) is 0 Å². The molecule has 0 aromatic heterocycles. The van der Waals surface area contributed by atoms with Gasteiger partial charge in [0, 0.05) is 6.42 Å². The molecule has 2 aliphatic rings. The van der Waals surface area contributed by atoms with Gasteiger partial charge in [0.2, 0.25) is 6.41 Å². The number of nitrogens with one attached hydrogen (secondary N) is 1. The van der Waals surface area contributed by atoms with Crippen LogP contribution in [0.25, 0.3) is 0 Å². The number of carbonyl (C=O) groups excluding carboxylic acids is 1. The molecule has 1 saturated carbocycles. The van der Waals surface area contributed by atoms with Gasteiger partial charge in [-0.1, -0.05) is 0 Å². The predicted octanol–water partition coefficient (Wildman–Crippen LogP) is -2.22. The second kappa shape index (κ2) is 1.50. The number of nitrogens with zero attached hydrogens (tertiary/aromatic N) is 1. The van der Waals surface area contributed by atoms with Crippen molar-refractivity contribution in [2.75, 3.05) is 0 Å². The first kappa shape index (κ1) is 6.09. The van der Waals surface area contributed by atoms with Crippen LogP contribution in [0.2, 0.25) is 0 Å². The summed E-state index contributed by atoms with van der Waals surface area (Å²) >= 11 is 0. The van der Waals surface area contributed by atoms with Gasteiger partial charge in [-0.15, -0.1) is 0 Å². The molecule has 4 unspecified atom stereocenters. The maximum Gasteiger partial charge on any atom is 0.210 e. The molecule has 2 rings (SSSR count). The van der Waals surface area contributed by atoms with Crippen molar-refractivity contribution in [1.82, 2.24) is 10.2 Å². The third-order valence-electron chi connectivity index (χ3n) is 2.06. The smallest absolute Gasteiger partial charge is 0.210 e. The molecule has 1 saturated heterocycles. The molecule has 0 aromatic carbocycles. The van der Waals surface area contributed by atoms with Crippen LogP contribution in [0.4, 0.5) is 0 Å². The summed E-state index contributed by atoms with van der Waals surface area (Å²) < 4.78 is 0. The van der Waals surface area contributed by atoms with Crippen LogP contribution in [0.3, 0.4) is 0 Å². The molecule has 0 aromatic rings. The van der Waals surface area contributed by atoms with E-state index in [2.05, 4.69) is 5.32 Å². The Labute approximate surface area is 57.2 Å². The number of fused-ring (bicyclic) bond motifs is 1. The lowest BCUT2D eigenvalue weighted by Crippen LogP contribution is -2.40. The van der Waals surface area contributed by atoms with E-state index in [4.69, 9.17) is 5.11 Å². The molecule has 1 heterocycles. The number of rotatable bonds is 3. The summed E-state index contributed by atoms with van der Waals surface area (Å²) in [6.07, 6.45) is 0.109. The maximum absolute atomic E-state index is 9.79. The zero-order valence-electron chi connectivity index (χ0n) is 5.19. The monoisotopic (exact) mass is 144 g/mol. The summed E-state index contributed by atoms with van der Waals surface area (Å²) in [5.41, 5.74) is -0.782. The number of carbonyl (C=O) groups is 1. The molecule has 5 nitrogen and oxygen atoms in total. The van der Waals surface area contributed by atoms with Crippen LogP contribution in [0, 0.1) is 0 Å². The van der Waals surface area contributed by atoms with Crippen molar-refractivity contribution in [2.45, 2.75) is 24.5 Å². The minimum Gasteiger partial charge on any atom is -0.374 e. The van der Waals surface area contributed by atoms with Gasteiger partial charge >= 0.3 is 0 Å². The quantitative estimate of drug-likeness (QED) is 0.238. The van der Waals surface area contributed by atoms with Crippen molar-refractivity contribution in [1.29, 1.82) is 0 Å². The third kappa shape index (κ3) is 0.544. The Morgan fingerprint density at radius 3 is 2.80 bits per heavy atom. The molecule has 5 heteroatoms. The lowest BCUT2D eigenvalue weighted by Gasteiger charge is -2.16. The van der Waals surface area contributed by atoms with Gasteiger partial charge in [-0.25, -0.2) is 4.90 Å². The molecule has 56 valence electrons. The minimum atomic E-state index is -1.01. The van der Waals surface area contributed by atoms with Crippen molar-refractivity contribution in [3.05, 3.63) is 0 Å². The standard InChI is InChI=1S/C5H8N2O3/c8-2-6-4(9)7-3-1-5(3,7)10/h2-4,9-10H,1H2,(H,6,8). The van der Waals surface area contributed by atoms with Crippen molar-refractivity contribution >= 4 is 6.41 Å². The molecule has 0 spiro atoms. The molecular formula is C5H8N2O3. The van der Waals surface area contributed by atoms with E-state index < -0.39 is 12.1 Å². The van der Waals surface area contributed by atoms with Gasteiger partial charge in [-0.3, -0.25) is 4.79 Å². The fourth-order valence-corrected chi connectivity index (χ4v) is 1.24. The van der Waals surface area contributed by atoms with Gasteiger partial charge in [0.1, 0.15) is 5.72 Å². The normalized spacial score (nSPS) is 51.0. The van der Waals surface area contributed by atoms with E-state index in [-0.39, 0.29) is 6.04 Å². The first-order valence-corrected chi connectivity index (χ1v) is 3.09. The number of amides is 1. The summed E-state index contributed by atoms with van der Waals surface area (Å²) in [7, 11) is 0. The average Bonchev–Trinajstić information content (AvgIpc) is 2.56. The van der Waals surface area contributed by atoms with E-state index >= 15 is 0 Å². The first-order valence-electron chi connectivity index (χ1n) is 3.09. The Balaban J connectivity index is 1.86. The largest absolute Gasteiger partial charge is 0.374 e. The molecule has 0 radical (unpaired) electrons. The zero-order valence-corrected chi connectivity index (χ0v) is 5.19. The minimum absolute atomic E-state index is 0.0787. The molecule has 4 atom stereocenters. The van der Waals surface area contributed by atoms with Crippen molar-refractivity contribution in [3.63, 3.8) is 0 Å². The Kier molecular flexibility index (Phi) is 0.912. The third-order valence-corrected chi connectivity index (χ3v) is 2.06. The molecule has 3 N–H and O–H groups in total. The van der Waals surface area contributed by atoms with E-state index in [1.165, 1.54) is 4.90 Å². The Morgan fingerprint density at radius 1 is 1.90 bits per heavy atom. The van der Waals surface area contributed by atoms with Crippen molar-refractivity contribution < 1.29 is 15.0 Å². The van der Waals surface area contributed by atoms with Crippen molar-refractivity contribution in [2.24, 2.45) is 0 Å². The molecule has 2 fully saturated rings. The SMILES string of the molecule is O=CNC(O)N1C2CC21O. The number of likely N-dealkylation sites (tertiary alicyclic amines) is 1. The Morgan fingerprint density at radius 2 is 2.50 bits per heavy atom. The van der Waals surface area contributed by atoms with Crippen LogP contribution in [0.1, 0.15) is 6.42 Å². The van der Waals surface area contributed by atoms with Gasteiger partial charge in [0.25, 0.3) is 0 Å². The highest BCUT2D eigenvalue weighted by molar-refractivity contribution is 5.46. The summed E-state index contributed by atoms with van der Waals surface area (Å²) in [5, 5.41) is 20.3. The topological polar surface area (TPSA) is 72.6 Å². The molecule has 0 bridgehead atoms. The number of aliphatic hydroxyl groups excluding tert-OH is 1. The van der Waals surface area contributed by atoms with Gasteiger partial charge in [0.05, 0.1) is 6.04 Å². The molecule has 1 aliphatic carbocycles. The highest BCUT2D eigenvalue weighted by atomic mass is 16.4. The molecular weight excluding hydrogens is 136 g/mol. The van der Waals surface area contributed by atoms with E-state index in [0.29, 0.717) is 12.8 Å². The molecule has 1 aliphatic heterocycles. The highest BCUT2D eigenvalue weighted by Crippen LogP contribution is 2.61. The summed E-state index contributed by atoms with van der Waals surface area (Å²) in [6.45, 7) is 0. The van der Waals surface area contributed by atoms with E-state index in [9.17, 15) is 9.90 Å². The summed E-state index contributed by atoms with van der Waals surface area (Å²) in [4.78, 5) is 11.2. The van der Waals surface area contributed by atoms with Crippen LogP contribution in [0.5, 0.6) is 0 Å². The van der Waals surface area contributed by atoms with Gasteiger partial charge in [0.15, 0.2) is 6.35 Å². The Hall–Kier alpha value is -0.650. The lowest BCUT2D eigenvalue weighted by molar-refractivity contribution is -0.117. The van der Waals surface area contributed by atoms with Crippen LogP contribution >= 0.6 is 0 Å². The second-order valence-corrected chi connectivity index (χ2v) is 2.66. The fourth-order valence-electron chi connectivity index (χ4n) is 1.24. The average molecular weight is 144 g/mol. The van der Waals surface area contributed by atoms with Crippen LogP contribution in [0.15, 0.2) is 0 Å². The fraction of sp³-hybridized carbons (Fsp3) is 0.800. The van der Waals surface area contributed by atoms with Crippen LogP contribution in [-0.2, 0) is 4.79 Å². The number of hydrogen-bond donors (Lipinski definition) is 3. The second-order valence-electron chi connectivity index (χ2n) is 2.66. The molecule has 10 heavy (non-hydrogen) atoms. The van der Waals surface area contributed by atoms with Crippen LogP contribution in [-0.4, -0.2) is 39.6 Å². The first-order chi connectivity index (χ1) is 4.70. The van der Waals surface area contributed by atoms with Gasteiger partial charge in [-0.2, -0.15) is 0 Å². The van der Waals surface area contributed by atoms with E-state index in [1.54, 1.807) is 0 Å². The van der Waals surface area contributed by atoms with Crippen molar-refractivity contribution in [3.8, 4) is 0 Å². The highest BCUT2D eigenvalue weighted by Gasteiger charge is 2.79. The lowest BCUT2D eigenvalue weighted by atomic mass is 10.6. The van der Waals surface area contributed by atoms with Gasteiger partial charge in [-0.05, 0) is 0 Å². The maximum atomic E-state index is 9.79. The van der Waals surface area contributed by atoms with Gasteiger partial charge < -0.3 is 15.5 Å². The zero-order chi connectivity index (χ0) is 7.35. The number of aliphatic hydroxyl groups is 2. The predicted molar refractivity (Wildman–Crippen MR) is 30.4 cm³/mol. The summed E-state index contributed by atoms with van der Waals surface area (Å²) in [6, 6.07) is 0.0787. The number of hydrogen-bond acceptors (Lipinski definition) is 4. The Bertz CT molecular complexity index is 186.